The zero-order valence-corrected chi connectivity index (χ0v) is 8.30. The fraction of sp³-hybridized carbons (Fsp3) is 0.556. The summed E-state index contributed by atoms with van der Waals surface area (Å²) >= 11 is 0. The van der Waals surface area contributed by atoms with Crippen LogP contribution in [0.15, 0.2) is 12.4 Å². The van der Waals surface area contributed by atoms with E-state index in [0.717, 1.165) is 5.69 Å². The molecular weight excluding hydrogens is 207 g/mol. The highest BCUT2D eigenvalue weighted by Gasteiger charge is 2.25. The molecule has 0 spiro atoms. The first-order valence-electron chi connectivity index (χ1n) is 4.57. The van der Waals surface area contributed by atoms with E-state index in [-0.39, 0.29) is 13.0 Å². The minimum atomic E-state index is -4.08. The third kappa shape index (κ3) is 5.19. The second-order valence-corrected chi connectivity index (χ2v) is 3.19. The summed E-state index contributed by atoms with van der Waals surface area (Å²) in [4.78, 5) is 7.75. The van der Waals surface area contributed by atoms with Crippen LogP contribution in [0.25, 0.3) is 0 Å². The van der Waals surface area contributed by atoms with Crippen molar-refractivity contribution in [3.8, 4) is 0 Å². The van der Waals surface area contributed by atoms with Crippen LogP contribution >= 0.6 is 0 Å². The van der Waals surface area contributed by atoms with Gasteiger partial charge in [0, 0.05) is 24.7 Å². The summed E-state index contributed by atoms with van der Waals surface area (Å²) in [6.07, 6.45) is -3.43. The highest BCUT2D eigenvalue weighted by molar-refractivity contribution is 5.33. The molecule has 1 N–H and O–H groups in total. The van der Waals surface area contributed by atoms with Gasteiger partial charge in [0.15, 0.2) is 0 Å². The van der Waals surface area contributed by atoms with E-state index in [1.54, 1.807) is 13.0 Å². The standard InChI is InChI=1S/C9H12F3N3/c1-7-5-8(15-6-14-7)13-4-2-3-9(10,11)12/h5-6H,2-4H2,1H3,(H,13,14,15). The smallest absolute Gasteiger partial charge is 0.370 e. The Balaban J connectivity index is 2.26. The van der Waals surface area contributed by atoms with Crippen molar-refractivity contribution in [2.75, 3.05) is 11.9 Å². The molecule has 0 radical (unpaired) electrons. The first-order valence-corrected chi connectivity index (χ1v) is 4.57. The predicted molar refractivity (Wildman–Crippen MR) is 50.5 cm³/mol. The lowest BCUT2D eigenvalue weighted by Crippen LogP contribution is -2.11. The molecule has 84 valence electrons. The van der Waals surface area contributed by atoms with Crippen LogP contribution in [0.3, 0.4) is 0 Å². The third-order valence-electron chi connectivity index (χ3n) is 1.75. The number of nitrogens with zero attached hydrogens (tertiary/aromatic N) is 2. The molecule has 0 saturated heterocycles. The van der Waals surface area contributed by atoms with Gasteiger partial charge in [-0.3, -0.25) is 0 Å². The maximum Gasteiger partial charge on any atom is 0.389 e. The van der Waals surface area contributed by atoms with Crippen molar-refractivity contribution in [1.82, 2.24) is 9.97 Å². The number of halogens is 3. The van der Waals surface area contributed by atoms with Crippen molar-refractivity contribution < 1.29 is 13.2 Å². The normalized spacial score (nSPS) is 11.5. The quantitative estimate of drug-likeness (QED) is 0.791. The second-order valence-electron chi connectivity index (χ2n) is 3.19. The molecule has 0 saturated carbocycles. The van der Waals surface area contributed by atoms with E-state index in [0.29, 0.717) is 5.82 Å². The Labute approximate surface area is 85.7 Å². The molecule has 0 fully saturated rings. The Hall–Kier alpha value is -1.33. The fourth-order valence-corrected chi connectivity index (χ4v) is 1.06. The van der Waals surface area contributed by atoms with Crippen molar-refractivity contribution in [2.45, 2.75) is 25.9 Å². The minimum Gasteiger partial charge on any atom is -0.370 e. The Morgan fingerprint density at radius 2 is 2.07 bits per heavy atom. The molecule has 0 unspecified atom stereocenters. The Morgan fingerprint density at radius 1 is 1.33 bits per heavy atom. The second kappa shape index (κ2) is 4.95. The molecule has 0 amide bonds. The van der Waals surface area contributed by atoms with Crippen molar-refractivity contribution in [2.24, 2.45) is 0 Å². The molecule has 1 heterocycles. The molecule has 0 atom stereocenters. The highest BCUT2D eigenvalue weighted by Crippen LogP contribution is 2.21. The van der Waals surface area contributed by atoms with Gasteiger partial charge in [0.05, 0.1) is 0 Å². The van der Waals surface area contributed by atoms with Gasteiger partial charge in [-0.1, -0.05) is 0 Å². The van der Waals surface area contributed by atoms with Gasteiger partial charge in [0.2, 0.25) is 0 Å². The van der Waals surface area contributed by atoms with Crippen LogP contribution in [0.4, 0.5) is 19.0 Å². The van der Waals surface area contributed by atoms with Gasteiger partial charge in [-0.15, -0.1) is 0 Å². The van der Waals surface area contributed by atoms with E-state index in [2.05, 4.69) is 15.3 Å². The maximum absolute atomic E-state index is 11.8. The van der Waals surface area contributed by atoms with Crippen LogP contribution in [-0.4, -0.2) is 22.7 Å². The third-order valence-corrected chi connectivity index (χ3v) is 1.75. The van der Waals surface area contributed by atoms with E-state index >= 15 is 0 Å². The number of aromatic nitrogens is 2. The van der Waals surface area contributed by atoms with Gasteiger partial charge in [-0.2, -0.15) is 13.2 Å². The molecule has 1 aromatic heterocycles. The average Bonchev–Trinajstić information content (AvgIpc) is 2.11. The van der Waals surface area contributed by atoms with E-state index in [9.17, 15) is 13.2 Å². The van der Waals surface area contributed by atoms with Crippen LogP contribution in [0.1, 0.15) is 18.5 Å². The average molecular weight is 219 g/mol. The van der Waals surface area contributed by atoms with Crippen molar-refractivity contribution in [3.63, 3.8) is 0 Å². The highest BCUT2D eigenvalue weighted by atomic mass is 19.4. The molecular formula is C9H12F3N3. The van der Waals surface area contributed by atoms with Gasteiger partial charge >= 0.3 is 6.18 Å². The summed E-state index contributed by atoms with van der Waals surface area (Å²) in [6.45, 7) is 2.05. The number of anilines is 1. The summed E-state index contributed by atoms with van der Waals surface area (Å²) < 4.78 is 35.4. The molecule has 15 heavy (non-hydrogen) atoms. The van der Waals surface area contributed by atoms with Crippen LogP contribution in [0, 0.1) is 6.92 Å². The molecule has 0 bridgehead atoms. The summed E-state index contributed by atoms with van der Waals surface area (Å²) in [5.74, 6) is 0.560. The summed E-state index contributed by atoms with van der Waals surface area (Å²) in [5, 5.41) is 2.81. The summed E-state index contributed by atoms with van der Waals surface area (Å²) in [7, 11) is 0. The number of alkyl halides is 3. The number of hydrogen-bond donors (Lipinski definition) is 1. The Kier molecular flexibility index (Phi) is 3.88. The molecule has 0 aliphatic heterocycles. The van der Waals surface area contributed by atoms with E-state index in [1.807, 2.05) is 0 Å². The maximum atomic E-state index is 11.8. The van der Waals surface area contributed by atoms with Crippen LogP contribution in [0.5, 0.6) is 0 Å². The molecule has 1 rings (SSSR count). The van der Waals surface area contributed by atoms with Crippen molar-refractivity contribution in [3.05, 3.63) is 18.1 Å². The van der Waals surface area contributed by atoms with Gasteiger partial charge < -0.3 is 5.32 Å². The topological polar surface area (TPSA) is 37.8 Å². The lowest BCUT2D eigenvalue weighted by molar-refractivity contribution is -0.134. The van der Waals surface area contributed by atoms with Crippen LogP contribution < -0.4 is 5.32 Å². The van der Waals surface area contributed by atoms with Gasteiger partial charge in [-0.25, -0.2) is 9.97 Å². The number of hydrogen-bond acceptors (Lipinski definition) is 3. The fourth-order valence-electron chi connectivity index (χ4n) is 1.06. The lowest BCUT2D eigenvalue weighted by atomic mass is 10.3. The summed E-state index contributed by atoms with van der Waals surface area (Å²) in [5.41, 5.74) is 0.781. The Morgan fingerprint density at radius 3 is 2.67 bits per heavy atom. The zero-order valence-electron chi connectivity index (χ0n) is 8.30. The molecule has 0 aliphatic rings. The summed E-state index contributed by atoms with van der Waals surface area (Å²) in [6, 6.07) is 1.69. The Bertz CT molecular complexity index is 312. The lowest BCUT2D eigenvalue weighted by Gasteiger charge is -2.07. The monoisotopic (exact) mass is 219 g/mol. The SMILES string of the molecule is Cc1cc(NCCCC(F)(F)F)ncn1. The van der Waals surface area contributed by atoms with Gasteiger partial charge in [-0.05, 0) is 13.3 Å². The molecule has 0 aromatic carbocycles. The minimum absolute atomic E-state index is 0.0482. The molecule has 1 aromatic rings. The molecule has 0 aliphatic carbocycles. The van der Waals surface area contributed by atoms with Gasteiger partial charge in [0.1, 0.15) is 12.1 Å². The zero-order chi connectivity index (χ0) is 11.3. The van der Waals surface area contributed by atoms with E-state index < -0.39 is 12.6 Å². The molecule has 6 heteroatoms. The van der Waals surface area contributed by atoms with Crippen molar-refractivity contribution in [1.29, 1.82) is 0 Å². The van der Waals surface area contributed by atoms with E-state index in [4.69, 9.17) is 0 Å². The van der Waals surface area contributed by atoms with Crippen LogP contribution in [0.2, 0.25) is 0 Å². The van der Waals surface area contributed by atoms with Crippen molar-refractivity contribution >= 4 is 5.82 Å². The first-order chi connectivity index (χ1) is 6.97. The largest absolute Gasteiger partial charge is 0.389 e. The first kappa shape index (κ1) is 11.7. The molecule has 3 nitrogen and oxygen atoms in total. The van der Waals surface area contributed by atoms with Crippen LogP contribution in [-0.2, 0) is 0 Å². The number of nitrogens with one attached hydrogen (secondary N) is 1. The van der Waals surface area contributed by atoms with E-state index in [1.165, 1.54) is 6.33 Å². The predicted octanol–water partition coefficient (Wildman–Crippen LogP) is 2.54. The number of rotatable bonds is 4. The number of aryl methyl sites for hydroxylation is 1. The van der Waals surface area contributed by atoms with Gasteiger partial charge in [0.25, 0.3) is 0 Å².